The van der Waals surface area contributed by atoms with E-state index in [-0.39, 0.29) is 22.8 Å². The number of carbonyl (C=O) groups is 1. The number of anilines is 1. The van der Waals surface area contributed by atoms with Crippen LogP contribution in [0.25, 0.3) is 0 Å². The zero-order chi connectivity index (χ0) is 15.6. The van der Waals surface area contributed by atoms with Gasteiger partial charge in [-0.25, -0.2) is 19.2 Å². The first-order valence-electron chi connectivity index (χ1n) is 6.07. The SMILES string of the molecule is COC(=O)c1c(C)nc(Cc2ccc(F)cc2Cl)nc1N. The summed E-state index contributed by atoms with van der Waals surface area (Å²) < 4.78 is 17.6. The fraction of sp³-hybridized carbons (Fsp3) is 0.214. The van der Waals surface area contributed by atoms with Crippen LogP contribution >= 0.6 is 11.6 Å². The summed E-state index contributed by atoms with van der Waals surface area (Å²) in [4.78, 5) is 19.9. The lowest BCUT2D eigenvalue weighted by molar-refractivity contribution is 0.0600. The smallest absolute Gasteiger partial charge is 0.343 e. The summed E-state index contributed by atoms with van der Waals surface area (Å²) in [5, 5.41) is 0.284. The molecular formula is C14H13ClFN3O2. The summed E-state index contributed by atoms with van der Waals surface area (Å²) >= 11 is 5.96. The second kappa shape index (κ2) is 6.05. The van der Waals surface area contributed by atoms with Crippen LogP contribution in [0.3, 0.4) is 0 Å². The average molecular weight is 310 g/mol. The normalized spacial score (nSPS) is 10.5. The summed E-state index contributed by atoms with van der Waals surface area (Å²) in [7, 11) is 1.26. The van der Waals surface area contributed by atoms with E-state index in [0.717, 1.165) is 0 Å². The Labute approximate surface area is 125 Å². The fourth-order valence-electron chi connectivity index (χ4n) is 1.92. The summed E-state index contributed by atoms with van der Waals surface area (Å²) in [6.45, 7) is 1.64. The van der Waals surface area contributed by atoms with Gasteiger partial charge in [-0.15, -0.1) is 0 Å². The van der Waals surface area contributed by atoms with Crippen molar-refractivity contribution in [3.8, 4) is 0 Å². The van der Waals surface area contributed by atoms with Gasteiger partial charge in [-0.3, -0.25) is 0 Å². The number of nitrogens with two attached hydrogens (primary N) is 1. The van der Waals surface area contributed by atoms with Gasteiger partial charge in [-0.1, -0.05) is 17.7 Å². The molecular weight excluding hydrogens is 297 g/mol. The summed E-state index contributed by atoms with van der Waals surface area (Å²) in [5.41, 5.74) is 7.00. The van der Waals surface area contributed by atoms with E-state index in [2.05, 4.69) is 14.7 Å². The molecule has 110 valence electrons. The first-order chi connectivity index (χ1) is 9.92. The Morgan fingerprint density at radius 2 is 2.14 bits per heavy atom. The Kier molecular flexibility index (Phi) is 4.37. The number of hydrogen-bond donors (Lipinski definition) is 1. The molecule has 1 heterocycles. The standard InChI is InChI=1S/C14H13ClFN3O2/c1-7-12(14(20)21-2)13(17)19-11(18-7)5-8-3-4-9(16)6-10(8)15/h3-4,6H,5H2,1-2H3,(H2,17,18,19). The molecule has 0 atom stereocenters. The van der Waals surface area contributed by atoms with Gasteiger partial charge in [0.05, 0.1) is 12.8 Å². The topological polar surface area (TPSA) is 78.1 Å². The van der Waals surface area contributed by atoms with Crippen LogP contribution in [0, 0.1) is 12.7 Å². The number of aromatic nitrogens is 2. The monoisotopic (exact) mass is 309 g/mol. The molecule has 21 heavy (non-hydrogen) atoms. The number of halogens is 2. The third-order valence-electron chi connectivity index (χ3n) is 2.92. The third-order valence-corrected chi connectivity index (χ3v) is 3.27. The molecule has 0 saturated carbocycles. The van der Waals surface area contributed by atoms with Gasteiger partial charge in [0.1, 0.15) is 23.0 Å². The number of benzene rings is 1. The largest absolute Gasteiger partial charge is 0.465 e. The zero-order valence-corrected chi connectivity index (χ0v) is 12.2. The van der Waals surface area contributed by atoms with Crippen LogP contribution in [0.4, 0.5) is 10.2 Å². The number of aryl methyl sites for hydroxylation is 1. The Morgan fingerprint density at radius 1 is 1.43 bits per heavy atom. The molecule has 0 aliphatic heterocycles. The predicted octanol–water partition coefficient (Wildman–Crippen LogP) is 2.54. The van der Waals surface area contributed by atoms with E-state index in [9.17, 15) is 9.18 Å². The molecule has 0 aliphatic carbocycles. The molecule has 0 fully saturated rings. The van der Waals surface area contributed by atoms with Crippen LogP contribution in [0.15, 0.2) is 18.2 Å². The number of carbonyl (C=O) groups excluding carboxylic acids is 1. The number of hydrogen-bond acceptors (Lipinski definition) is 5. The van der Waals surface area contributed by atoms with Gasteiger partial charge in [0.2, 0.25) is 0 Å². The molecule has 0 unspecified atom stereocenters. The average Bonchev–Trinajstić information content (AvgIpc) is 2.41. The van der Waals surface area contributed by atoms with Crippen molar-refractivity contribution in [3.05, 3.63) is 51.7 Å². The number of ether oxygens (including phenoxy) is 1. The first kappa shape index (κ1) is 15.2. The molecule has 2 aromatic rings. The number of nitrogen functional groups attached to an aromatic ring is 1. The van der Waals surface area contributed by atoms with Gasteiger partial charge < -0.3 is 10.5 Å². The highest BCUT2D eigenvalue weighted by atomic mass is 35.5. The van der Waals surface area contributed by atoms with Gasteiger partial charge in [0, 0.05) is 11.4 Å². The maximum absolute atomic E-state index is 13.0. The van der Waals surface area contributed by atoms with Crippen LogP contribution in [0.1, 0.15) is 27.4 Å². The molecule has 2 rings (SSSR count). The number of esters is 1. The molecule has 0 saturated heterocycles. The van der Waals surface area contributed by atoms with E-state index < -0.39 is 11.8 Å². The van der Waals surface area contributed by atoms with Crippen molar-refractivity contribution in [2.45, 2.75) is 13.3 Å². The summed E-state index contributed by atoms with van der Waals surface area (Å²) in [6, 6.07) is 4.08. The lowest BCUT2D eigenvalue weighted by Gasteiger charge is -2.09. The minimum Gasteiger partial charge on any atom is -0.465 e. The molecule has 7 heteroatoms. The van der Waals surface area contributed by atoms with Crippen molar-refractivity contribution < 1.29 is 13.9 Å². The van der Waals surface area contributed by atoms with Gasteiger partial charge >= 0.3 is 5.97 Å². The van der Waals surface area contributed by atoms with E-state index in [1.54, 1.807) is 13.0 Å². The molecule has 0 amide bonds. The zero-order valence-electron chi connectivity index (χ0n) is 11.5. The van der Waals surface area contributed by atoms with Crippen molar-refractivity contribution >= 4 is 23.4 Å². The highest BCUT2D eigenvalue weighted by molar-refractivity contribution is 6.31. The molecule has 0 aliphatic rings. The highest BCUT2D eigenvalue weighted by Gasteiger charge is 2.17. The molecule has 0 bridgehead atoms. The maximum Gasteiger partial charge on any atom is 0.343 e. The van der Waals surface area contributed by atoms with Gasteiger partial charge in [0.25, 0.3) is 0 Å². The highest BCUT2D eigenvalue weighted by Crippen LogP contribution is 2.21. The van der Waals surface area contributed by atoms with Crippen molar-refractivity contribution in [2.24, 2.45) is 0 Å². The van der Waals surface area contributed by atoms with Crippen LogP contribution in [0.2, 0.25) is 5.02 Å². The van der Waals surface area contributed by atoms with Crippen LogP contribution in [-0.2, 0) is 11.2 Å². The molecule has 5 nitrogen and oxygen atoms in total. The van der Waals surface area contributed by atoms with Crippen molar-refractivity contribution in [2.75, 3.05) is 12.8 Å². The number of nitrogens with zero attached hydrogens (tertiary/aromatic N) is 2. The lowest BCUT2D eigenvalue weighted by Crippen LogP contribution is -2.13. The van der Waals surface area contributed by atoms with E-state index in [1.807, 2.05) is 0 Å². The molecule has 0 radical (unpaired) electrons. The minimum atomic E-state index is -0.587. The number of methoxy groups -OCH3 is 1. The third kappa shape index (κ3) is 3.28. The second-order valence-corrected chi connectivity index (χ2v) is 4.80. The van der Waals surface area contributed by atoms with Crippen LogP contribution in [0.5, 0.6) is 0 Å². The van der Waals surface area contributed by atoms with Crippen LogP contribution < -0.4 is 5.73 Å². The Balaban J connectivity index is 2.36. The van der Waals surface area contributed by atoms with E-state index >= 15 is 0 Å². The fourth-order valence-corrected chi connectivity index (χ4v) is 2.16. The Hall–Kier alpha value is -2.21. The van der Waals surface area contributed by atoms with Crippen molar-refractivity contribution in [1.82, 2.24) is 9.97 Å². The lowest BCUT2D eigenvalue weighted by atomic mass is 10.1. The van der Waals surface area contributed by atoms with Gasteiger partial charge in [-0.2, -0.15) is 0 Å². The predicted molar refractivity (Wildman–Crippen MR) is 76.7 cm³/mol. The van der Waals surface area contributed by atoms with Gasteiger partial charge in [0.15, 0.2) is 0 Å². The molecule has 1 aromatic carbocycles. The molecule has 1 aromatic heterocycles. The minimum absolute atomic E-state index is 0.0441. The van der Waals surface area contributed by atoms with Gasteiger partial charge in [-0.05, 0) is 24.6 Å². The summed E-state index contributed by atoms with van der Waals surface area (Å²) in [6.07, 6.45) is 0.283. The van der Waals surface area contributed by atoms with Crippen LogP contribution in [-0.4, -0.2) is 23.0 Å². The molecule has 2 N–H and O–H groups in total. The maximum atomic E-state index is 13.0. The second-order valence-electron chi connectivity index (χ2n) is 4.39. The van der Waals surface area contributed by atoms with E-state index in [1.165, 1.54) is 19.2 Å². The first-order valence-corrected chi connectivity index (χ1v) is 6.45. The van der Waals surface area contributed by atoms with E-state index in [0.29, 0.717) is 17.1 Å². The molecule has 0 spiro atoms. The quantitative estimate of drug-likeness (QED) is 0.882. The Bertz CT molecular complexity index is 684. The van der Waals surface area contributed by atoms with Crippen molar-refractivity contribution in [1.29, 1.82) is 0 Å². The summed E-state index contributed by atoms with van der Waals surface area (Å²) in [5.74, 6) is -0.563. The van der Waals surface area contributed by atoms with Crippen molar-refractivity contribution in [3.63, 3.8) is 0 Å². The van der Waals surface area contributed by atoms with E-state index in [4.69, 9.17) is 17.3 Å². The Morgan fingerprint density at radius 3 is 2.71 bits per heavy atom. The number of rotatable bonds is 3.